The number of hydrogen-bond donors (Lipinski definition) is 0. The van der Waals surface area contributed by atoms with Gasteiger partial charge in [-0.2, -0.15) is 0 Å². The Morgan fingerprint density at radius 2 is 2.18 bits per heavy atom. The molecule has 0 aliphatic carbocycles. The molecule has 1 aliphatic rings. The molecule has 0 aromatic heterocycles. The molecule has 1 saturated heterocycles. The number of hydrogen-bond acceptors (Lipinski definition) is 2. The van der Waals surface area contributed by atoms with Crippen molar-refractivity contribution in [1.82, 2.24) is 0 Å². The lowest BCUT2D eigenvalue weighted by atomic mass is 9.95. The topological polar surface area (TPSA) is 30.7 Å². The quantitative estimate of drug-likeness (QED) is 0.552. The van der Waals surface area contributed by atoms with Gasteiger partial charge in [-0.1, -0.05) is 0 Å². The average Bonchev–Trinajstić information content (AvgIpc) is 2.07. The molecule has 0 atom stereocenters. The van der Waals surface area contributed by atoms with Crippen LogP contribution in [0.3, 0.4) is 0 Å². The first-order chi connectivity index (χ1) is 5.34. The summed E-state index contributed by atoms with van der Waals surface area (Å²) in [5.41, 5.74) is 0. The maximum atomic E-state index is 11.1. The van der Waals surface area contributed by atoms with E-state index in [1.165, 1.54) is 0 Å². The molecule has 0 saturated carbocycles. The van der Waals surface area contributed by atoms with Crippen molar-refractivity contribution in [3.8, 4) is 0 Å². The van der Waals surface area contributed by atoms with Crippen molar-refractivity contribution >= 4 is 5.78 Å². The van der Waals surface area contributed by atoms with E-state index in [-0.39, 0.29) is 18.2 Å². The molecule has 11 heavy (non-hydrogen) atoms. The smallest absolute Gasteiger partial charge is 0.272 e. The first-order valence-electron chi connectivity index (χ1n) is 3.78. The van der Waals surface area contributed by atoms with Crippen LogP contribution in [0.5, 0.6) is 0 Å². The van der Waals surface area contributed by atoms with E-state index in [1.54, 1.807) is 0 Å². The minimum Gasteiger partial charge on any atom is -0.381 e. The summed E-state index contributed by atoms with van der Waals surface area (Å²) in [5.74, 6) is 0.182. The van der Waals surface area contributed by atoms with E-state index in [4.69, 9.17) is 11.3 Å². The number of carbonyl (C=O) groups is 1. The first kappa shape index (κ1) is 8.22. The van der Waals surface area contributed by atoms with Crippen molar-refractivity contribution in [1.29, 1.82) is 0 Å². The summed E-state index contributed by atoms with van der Waals surface area (Å²) in [4.78, 5) is 14.2. The van der Waals surface area contributed by atoms with Gasteiger partial charge in [-0.3, -0.25) is 4.79 Å². The molecular formula is C8H11NO2. The zero-order chi connectivity index (χ0) is 8.10. The van der Waals surface area contributed by atoms with Crippen molar-refractivity contribution in [2.75, 3.05) is 19.8 Å². The molecule has 0 unspecified atom stereocenters. The first-order valence-corrected chi connectivity index (χ1v) is 3.78. The highest BCUT2D eigenvalue weighted by molar-refractivity contribution is 5.84. The van der Waals surface area contributed by atoms with Gasteiger partial charge in [-0.15, -0.1) is 0 Å². The second-order valence-electron chi connectivity index (χ2n) is 2.67. The lowest BCUT2D eigenvalue weighted by Gasteiger charge is -2.18. The van der Waals surface area contributed by atoms with Crippen molar-refractivity contribution in [3.63, 3.8) is 0 Å². The fourth-order valence-electron chi connectivity index (χ4n) is 1.23. The molecule has 3 nitrogen and oxygen atoms in total. The van der Waals surface area contributed by atoms with Crippen LogP contribution < -0.4 is 0 Å². The highest BCUT2D eigenvalue weighted by Crippen LogP contribution is 2.15. The highest BCUT2D eigenvalue weighted by Gasteiger charge is 2.22. The predicted octanol–water partition coefficient (Wildman–Crippen LogP) is 0.901. The predicted molar refractivity (Wildman–Crippen MR) is 40.0 cm³/mol. The molecule has 1 rings (SSSR count). The van der Waals surface area contributed by atoms with Crippen LogP contribution in [0.15, 0.2) is 0 Å². The van der Waals surface area contributed by atoms with E-state index in [0.717, 1.165) is 12.8 Å². The Labute approximate surface area is 66.2 Å². The van der Waals surface area contributed by atoms with Gasteiger partial charge in [0.1, 0.15) is 0 Å². The Hall–Kier alpha value is -0.880. The van der Waals surface area contributed by atoms with E-state index in [2.05, 4.69) is 4.85 Å². The average molecular weight is 153 g/mol. The van der Waals surface area contributed by atoms with Crippen LogP contribution in [-0.2, 0) is 9.53 Å². The molecule has 0 aromatic carbocycles. The Kier molecular flexibility index (Phi) is 3.06. The van der Waals surface area contributed by atoms with Crippen molar-refractivity contribution in [2.24, 2.45) is 5.92 Å². The van der Waals surface area contributed by atoms with Crippen LogP contribution >= 0.6 is 0 Å². The summed E-state index contributed by atoms with van der Waals surface area (Å²) in [5, 5.41) is 0. The lowest BCUT2D eigenvalue weighted by molar-refractivity contribution is -0.123. The molecular weight excluding hydrogens is 142 g/mol. The normalized spacial score (nSPS) is 19.2. The van der Waals surface area contributed by atoms with Crippen LogP contribution in [0.4, 0.5) is 0 Å². The van der Waals surface area contributed by atoms with E-state index < -0.39 is 0 Å². The Morgan fingerprint density at radius 3 is 2.73 bits per heavy atom. The van der Waals surface area contributed by atoms with Crippen LogP contribution in [0.2, 0.25) is 0 Å². The van der Waals surface area contributed by atoms with Crippen LogP contribution in [0, 0.1) is 12.5 Å². The molecule has 60 valence electrons. The molecule has 0 bridgehead atoms. The number of Topliss-reactive ketones (excluding diaryl/α,β-unsaturated/α-hetero) is 1. The van der Waals surface area contributed by atoms with E-state index >= 15 is 0 Å². The summed E-state index contributed by atoms with van der Waals surface area (Å²) < 4.78 is 5.10. The minimum atomic E-state index is 0.0463. The van der Waals surface area contributed by atoms with Crippen molar-refractivity contribution in [2.45, 2.75) is 12.8 Å². The molecule has 0 N–H and O–H groups in total. The maximum Gasteiger partial charge on any atom is 0.272 e. The minimum absolute atomic E-state index is 0.0463. The molecule has 0 aromatic rings. The van der Waals surface area contributed by atoms with Crippen LogP contribution in [0.25, 0.3) is 4.85 Å². The van der Waals surface area contributed by atoms with E-state index in [1.807, 2.05) is 0 Å². The fraction of sp³-hybridized carbons (Fsp3) is 0.750. The third kappa shape index (κ3) is 2.32. The molecule has 1 aliphatic heterocycles. The zero-order valence-electron chi connectivity index (χ0n) is 6.38. The summed E-state index contributed by atoms with van der Waals surface area (Å²) in [6.45, 7) is 7.92. The number of carbonyl (C=O) groups excluding carboxylic acids is 1. The summed E-state index contributed by atoms with van der Waals surface area (Å²) in [6, 6.07) is 0. The monoisotopic (exact) mass is 153 g/mol. The summed E-state index contributed by atoms with van der Waals surface area (Å²) >= 11 is 0. The molecule has 1 fully saturated rings. The van der Waals surface area contributed by atoms with Gasteiger partial charge in [0, 0.05) is 19.1 Å². The van der Waals surface area contributed by atoms with Gasteiger partial charge in [-0.05, 0) is 12.8 Å². The van der Waals surface area contributed by atoms with Gasteiger partial charge in [0.25, 0.3) is 6.54 Å². The second kappa shape index (κ2) is 4.09. The SMILES string of the molecule is [C-]#[N+]CC(=O)C1CCOCC1. The van der Waals surface area contributed by atoms with Gasteiger partial charge in [0.15, 0.2) is 0 Å². The molecule has 1 heterocycles. The molecule has 3 heteroatoms. The van der Waals surface area contributed by atoms with Gasteiger partial charge in [-0.25, -0.2) is 6.57 Å². The number of ketones is 1. The third-order valence-electron chi connectivity index (χ3n) is 1.91. The van der Waals surface area contributed by atoms with Crippen LogP contribution in [0.1, 0.15) is 12.8 Å². The number of rotatable bonds is 2. The Morgan fingerprint density at radius 1 is 1.55 bits per heavy atom. The largest absolute Gasteiger partial charge is 0.381 e. The standard InChI is InChI=1S/C8H11NO2/c1-9-6-8(10)7-2-4-11-5-3-7/h7H,2-6H2. The summed E-state index contributed by atoms with van der Waals surface area (Å²) in [7, 11) is 0. The number of ether oxygens (including phenoxy) is 1. The van der Waals surface area contributed by atoms with E-state index in [0.29, 0.717) is 13.2 Å². The van der Waals surface area contributed by atoms with Crippen molar-refractivity contribution < 1.29 is 9.53 Å². The van der Waals surface area contributed by atoms with Crippen LogP contribution in [-0.4, -0.2) is 25.5 Å². The van der Waals surface area contributed by atoms with Gasteiger partial charge < -0.3 is 9.58 Å². The lowest BCUT2D eigenvalue weighted by Crippen LogP contribution is -2.24. The van der Waals surface area contributed by atoms with Gasteiger partial charge >= 0.3 is 0 Å². The van der Waals surface area contributed by atoms with E-state index in [9.17, 15) is 4.79 Å². The molecule has 0 radical (unpaired) electrons. The Bertz CT molecular complexity index is 177. The second-order valence-corrected chi connectivity index (χ2v) is 2.67. The van der Waals surface area contributed by atoms with Gasteiger partial charge in [0.2, 0.25) is 5.78 Å². The Balaban J connectivity index is 2.34. The molecule has 0 spiro atoms. The van der Waals surface area contributed by atoms with Gasteiger partial charge in [0.05, 0.1) is 0 Å². The third-order valence-corrected chi connectivity index (χ3v) is 1.91. The van der Waals surface area contributed by atoms with Crippen molar-refractivity contribution in [3.05, 3.63) is 11.4 Å². The number of nitrogens with zero attached hydrogens (tertiary/aromatic N) is 1. The highest BCUT2D eigenvalue weighted by atomic mass is 16.5. The fourth-order valence-corrected chi connectivity index (χ4v) is 1.23. The summed E-state index contributed by atoms with van der Waals surface area (Å²) in [6.07, 6.45) is 1.60. The molecule has 0 amide bonds. The maximum absolute atomic E-state index is 11.1. The zero-order valence-corrected chi connectivity index (χ0v) is 6.38.